The number of para-hydroxylation sites is 1. The van der Waals surface area contributed by atoms with E-state index in [4.69, 9.17) is 14.8 Å². The Kier molecular flexibility index (Phi) is 6.50. The van der Waals surface area contributed by atoms with Gasteiger partial charge in [0.25, 0.3) is 0 Å². The Morgan fingerprint density at radius 2 is 1.69 bits per heavy atom. The van der Waals surface area contributed by atoms with E-state index < -0.39 is 0 Å². The summed E-state index contributed by atoms with van der Waals surface area (Å²) in [6, 6.07) is 13.4. The largest absolute Gasteiger partial charge is 0.496 e. The van der Waals surface area contributed by atoms with Gasteiger partial charge in [0.2, 0.25) is 0 Å². The second-order valence-corrected chi connectivity index (χ2v) is 10.3. The van der Waals surface area contributed by atoms with Crippen LogP contribution in [-0.4, -0.2) is 34.3 Å². The van der Waals surface area contributed by atoms with Gasteiger partial charge in [-0.15, -0.1) is 0 Å². The Bertz CT molecular complexity index is 1410. The van der Waals surface area contributed by atoms with Gasteiger partial charge in [-0.2, -0.15) is 9.61 Å². The molecule has 4 aromatic rings. The van der Waals surface area contributed by atoms with Crippen LogP contribution in [0.3, 0.4) is 0 Å². The minimum atomic E-state index is 0.480. The Morgan fingerprint density at radius 3 is 2.39 bits per heavy atom. The molecule has 0 bridgehead atoms. The first-order valence-corrected chi connectivity index (χ1v) is 13.2. The van der Waals surface area contributed by atoms with Crippen LogP contribution in [-0.2, 0) is 12.8 Å². The van der Waals surface area contributed by atoms with Crippen molar-refractivity contribution < 1.29 is 4.74 Å². The van der Waals surface area contributed by atoms with Crippen molar-refractivity contribution in [3.63, 3.8) is 0 Å². The predicted molar refractivity (Wildman–Crippen MR) is 149 cm³/mol. The van der Waals surface area contributed by atoms with E-state index in [1.165, 1.54) is 44.8 Å². The highest BCUT2D eigenvalue weighted by atomic mass is 16.5. The summed E-state index contributed by atoms with van der Waals surface area (Å²) in [4.78, 5) is 7.77. The molecule has 0 saturated heterocycles. The molecule has 0 radical (unpaired) electrons. The highest BCUT2D eigenvalue weighted by molar-refractivity contribution is 5.85. The molecule has 5 rings (SSSR count). The topological polar surface area (TPSA) is 42.7 Å². The van der Waals surface area contributed by atoms with Crippen LogP contribution in [0.2, 0.25) is 0 Å². The fraction of sp³-hybridized carbons (Fsp3) is 0.419. The second-order valence-electron chi connectivity index (χ2n) is 10.3. The molecule has 0 amide bonds. The normalized spacial score (nSPS) is 15.4. The Morgan fingerprint density at radius 1 is 0.972 bits per heavy atom. The number of ether oxygens (including phenoxy) is 1. The third-order valence-electron chi connectivity index (χ3n) is 7.87. The number of fused-ring (bicyclic) bond motifs is 3. The van der Waals surface area contributed by atoms with Crippen molar-refractivity contribution >= 4 is 11.5 Å². The number of nitrogens with zero attached hydrogens (tertiary/aromatic N) is 4. The van der Waals surface area contributed by atoms with E-state index in [0.29, 0.717) is 6.04 Å². The third-order valence-corrected chi connectivity index (χ3v) is 7.87. The van der Waals surface area contributed by atoms with Crippen molar-refractivity contribution in [1.82, 2.24) is 14.6 Å². The summed E-state index contributed by atoms with van der Waals surface area (Å²) in [6.45, 7) is 14.1. The van der Waals surface area contributed by atoms with Gasteiger partial charge in [0, 0.05) is 23.8 Å². The summed E-state index contributed by atoms with van der Waals surface area (Å²) in [5.41, 5.74) is 12.0. The summed E-state index contributed by atoms with van der Waals surface area (Å²) in [5.74, 6) is 2.18. The molecule has 1 aliphatic rings. The number of hydrogen-bond donors (Lipinski definition) is 0. The number of methoxy groups -OCH3 is 1. The number of aromatic nitrogens is 3. The first kappa shape index (κ1) is 24.4. The molecule has 5 heteroatoms. The number of benzene rings is 2. The summed E-state index contributed by atoms with van der Waals surface area (Å²) >= 11 is 0. The van der Waals surface area contributed by atoms with E-state index in [1.807, 2.05) is 6.07 Å². The Hall–Kier alpha value is -3.34. The van der Waals surface area contributed by atoms with Gasteiger partial charge in [0.15, 0.2) is 5.65 Å². The van der Waals surface area contributed by atoms with Gasteiger partial charge >= 0.3 is 0 Å². The van der Waals surface area contributed by atoms with Crippen LogP contribution in [0.5, 0.6) is 5.75 Å². The van der Waals surface area contributed by atoms with E-state index in [0.717, 1.165) is 55.0 Å². The molecule has 1 atom stereocenters. The lowest BCUT2D eigenvalue weighted by atomic mass is 9.93. The number of hydrogen-bond acceptors (Lipinski definition) is 4. The lowest BCUT2D eigenvalue weighted by Crippen LogP contribution is -2.42. The Balaban J connectivity index is 1.67. The number of aryl methyl sites for hydroxylation is 5. The summed E-state index contributed by atoms with van der Waals surface area (Å²) in [6.07, 6.45) is 4.22. The molecule has 5 nitrogen and oxygen atoms in total. The molecular formula is C31H38N4O. The van der Waals surface area contributed by atoms with Crippen molar-refractivity contribution in [2.45, 2.75) is 73.3 Å². The van der Waals surface area contributed by atoms with E-state index in [9.17, 15) is 0 Å². The quantitative estimate of drug-likeness (QED) is 0.306. The number of anilines is 1. The molecule has 2 aromatic carbocycles. The predicted octanol–water partition coefficient (Wildman–Crippen LogP) is 6.72. The van der Waals surface area contributed by atoms with E-state index in [1.54, 1.807) is 7.11 Å². The standard InChI is InChI=1S/C31H38N4O/c1-8-25-13-14-26-22(5)32-30-29(28-20(3)17-19(2)18-21(28)4)23(6)33-35(30)31(26)34(25)16-15-24-11-9-10-12-27(24)36-7/h9-12,17-18,25H,8,13-16H2,1-7H3. The molecule has 3 heterocycles. The van der Waals surface area contributed by atoms with Crippen molar-refractivity contribution in [2.24, 2.45) is 0 Å². The molecule has 2 aromatic heterocycles. The summed E-state index contributed by atoms with van der Waals surface area (Å²) in [7, 11) is 1.76. The third kappa shape index (κ3) is 4.04. The Labute approximate surface area is 215 Å². The van der Waals surface area contributed by atoms with Crippen LogP contribution in [0.15, 0.2) is 36.4 Å². The van der Waals surface area contributed by atoms with Gasteiger partial charge < -0.3 is 9.64 Å². The van der Waals surface area contributed by atoms with Crippen LogP contribution in [0.25, 0.3) is 16.8 Å². The monoisotopic (exact) mass is 482 g/mol. The maximum atomic E-state index is 5.65. The first-order valence-electron chi connectivity index (χ1n) is 13.2. The van der Waals surface area contributed by atoms with E-state index in [2.05, 4.69) is 81.3 Å². The minimum absolute atomic E-state index is 0.480. The average molecular weight is 483 g/mol. The second kappa shape index (κ2) is 9.61. The molecule has 0 saturated carbocycles. The van der Waals surface area contributed by atoms with Crippen LogP contribution in [0, 0.1) is 34.6 Å². The highest BCUT2D eigenvalue weighted by Gasteiger charge is 2.31. The molecule has 0 aliphatic carbocycles. The fourth-order valence-corrected chi connectivity index (χ4v) is 6.24. The maximum Gasteiger partial charge on any atom is 0.165 e. The van der Waals surface area contributed by atoms with Gasteiger partial charge in [-0.25, -0.2) is 4.98 Å². The van der Waals surface area contributed by atoms with E-state index in [-0.39, 0.29) is 0 Å². The maximum absolute atomic E-state index is 5.65. The zero-order chi connectivity index (χ0) is 25.6. The highest BCUT2D eigenvalue weighted by Crippen LogP contribution is 2.39. The van der Waals surface area contributed by atoms with Gasteiger partial charge in [-0.1, -0.05) is 42.8 Å². The van der Waals surface area contributed by atoms with Gasteiger partial charge in [-0.3, -0.25) is 0 Å². The van der Waals surface area contributed by atoms with Crippen molar-refractivity contribution in [1.29, 1.82) is 0 Å². The molecular weight excluding hydrogens is 444 g/mol. The van der Waals surface area contributed by atoms with Crippen LogP contribution in [0.1, 0.15) is 59.0 Å². The van der Waals surface area contributed by atoms with Gasteiger partial charge in [-0.05, 0) is 88.6 Å². The smallest absolute Gasteiger partial charge is 0.165 e. The molecule has 36 heavy (non-hydrogen) atoms. The van der Waals surface area contributed by atoms with Crippen molar-refractivity contribution in [3.05, 3.63) is 75.6 Å². The molecule has 1 aliphatic heterocycles. The van der Waals surface area contributed by atoms with E-state index >= 15 is 0 Å². The zero-order valence-corrected chi connectivity index (χ0v) is 22.8. The average Bonchev–Trinajstić information content (AvgIpc) is 3.17. The van der Waals surface area contributed by atoms with Crippen molar-refractivity contribution in [2.75, 3.05) is 18.6 Å². The molecule has 1 unspecified atom stereocenters. The van der Waals surface area contributed by atoms with Crippen LogP contribution >= 0.6 is 0 Å². The molecule has 0 N–H and O–H groups in total. The summed E-state index contributed by atoms with van der Waals surface area (Å²) < 4.78 is 7.80. The molecule has 0 fully saturated rings. The van der Waals surface area contributed by atoms with Crippen LogP contribution < -0.4 is 9.64 Å². The minimum Gasteiger partial charge on any atom is -0.496 e. The lowest BCUT2D eigenvalue weighted by Gasteiger charge is -2.39. The fourth-order valence-electron chi connectivity index (χ4n) is 6.24. The SMILES string of the molecule is CCC1CCc2c(C)nc3c(-c4c(C)cc(C)cc4C)c(C)nn3c2N1CCc1ccccc1OC. The molecule has 0 spiro atoms. The molecule has 188 valence electrons. The zero-order valence-electron chi connectivity index (χ0n) is 22.8. The number of rotatable bonds is 6. The van der Waals surface area contributed by atoms with Gasteiger partial charge in [0.1, 0.15) is 11.6 Å². The van der Waals surface area contributed by atoms with Crippen molar-refractivity contribution in [3.8, 4) is 16.9 Å². The lowest BCUT2D eigenvalue weighted by molar-refractivity contribution is 0.408. The summed E-state index contributed by atoms with van der Waals surface area (Å²) in [5, 5.41) is 5.14. The first-order chi connectivity index (χ1) is 17.3. The van der Waals surface area contributed by atoms with Gasteiger partial charge in [0.05, 0.1) is 18.4 Å². The van der Waals surface area contributed by atoms with Crippen LogP contribution in [0.4, 0.5) is 5.82 Å².